The van der Waals surface area contributed by atoms with E-state index in [4.69, 9.17) is 5.73 Å². The lowest BCUT2D eigenvalue weighted by Crippen LogP contribution is -2.20. The highest BCUT2D eigenvalue weighted by Crippen LogP contribution is 2.20. The molecule has 0 bridgehead atoms. The van der Waals surface area contributed by atoms with Gasteiger partial charge in [-0.05, 0) is 18.2 Å². The summed E-state index contributed by atoms with van der Waals surface area (Å²) in [5, 5.41) is 1.34. The van der Waals surface area contributed by atoms with Crippen LogP contribution in [0.2, 0.25) is 0 Å². The summed E-state index contributed by atoms with van der Waals surface area (Å²) in [6.45, 7) is 0. The normalized spacial score (nSPS) is 11.2. The van der Waals surface area contributed by atoms with Crippen molar-refractivity contribution in [2.45, 2.75) is 6.30 Å². The molecule has 0 aliphatic carbocycles. The van der Waals surface area contributed by atoms with Gasteiger partial charge in [-0.1, -0.05) is 6.07 Å². The summed E-state index contributed by atoms with van der Waals surface area (Å²) in [4.78, 5) is 0. The molecule has 1 aromatic carbocycles. The predicted octanol–water partition coefficient (Wildman–Crippen LogP) is 2.20. The largest absolute Gasteiger partial charge is 0.482 e. The Labute approximate surface area is 67.2 Å². The Morgan fingerprint density at radius 1 is 1.25 bits per heavy atom. The molecule has 0 aromatic heterocycles. The lowest BCUT2D eigenvalue weighted by molar-refractivity contribution is -0.0999. The molecular formula is C7H7F3N2. The molecular weight excluding hydrogens is 169 g/mol. The van der Waals surface area contributed by atoms with Crippen LogP contribution in [0.3, 0.4) is 0 Å². The summed E-state index contributed by atoms with van der Waals surface area (Å²) in [5.74, 6) is 0. The van der Waals surface area contributed by atoms with Crippen molar-refractivity contribution >= 4 is 11.4 Å². The smallest absolute Gasteiger partial charge is 0.399 e. The van der Waals surface area contributed by atoms with Crippen molar-refractivity contribution in [3.8, 4) is 0 Å². The number of nitrogen functional groups attached to an aromatic ring is 1. The first kappa shape index (κ1) is 8.70. The van der Waals surface area contributed by atoms with E-state index in [1.807, 2.05) is 0 Å². The first-order chi connectivity index (χ1) is 5.47. The molecule has 66 valence electrons. The molecule has 0 atom stereocenters. The van der Waals surface area contributed by atoms with Gasteiger partial charge in [0.15, 0.2) is 0 Å². The molecule has 0 saturated carbocycles. The van der Waals surface area contributed by atoms with Gasteiger partial charge < -0.3 is 5.73 Å². The second kappa shape index (κ2) is 2.92. The fourth-order valence-corrected chi connectivity index (χ4v) is 0.780. The molecule has 0 aliphatic rings. The molecule has 5 heteroatoms. The number of halogens is 3. The summed E-state index contributed by atoms with van der Waals surface area (Å²) in [7, 11) is 0. The topological polar surface area (TPSA) is 38.0 Å². The molecule has 0 spiro atoms. The summed E-state index contributed by atoms with van der Waals surface area (Å²) in [5.41, 5.74) is 5.51. The lowest BCUT2D eigenvalue weighted by Gasteiger charge is -2.09. The lowest BCUT2D eigenvalue weighted by atomic mass is 10.3. The third-order valence-electron chi connectivity index (χ3n) is 1.17. The Balaban J connectivity index is 2.77. The van der Waals surface area contributed by atoms with Crippen molar-refractivity contribution in [3.05, 3.63) is 24.3 Å². The average Bonchev–Trinajstić information content (AvgIpc) is 1.82. The Morgan fingerprint density at radius 2 is 1.92 bits per heavy atom. The number of hydrogen-bond donors (Lipinski definition) is 2. The molecule has 12 heavy (non-hydrogen) atoms. The molecule has 0 unspecified atom stereocenters. The van der Waals surface area contributed by atoms with E-state index < -0.39 is 6.30 Å². The minimum absolute atomic E-state index is 0.0532. The maximum Gasteiger partial charge on any atom is 0.482 e. The fraction of sp³-hybridized carbons (Fsp3) is 0.143. The molecule has 0 heterocycles. The van der Waals surface area contributed by atoms with Crippen LogP contribution in [0.15, 0.2) is 24.3 Å². The van der Waals surface area contributed by atoms with Crippen LogP contribution in [-0.2, 0) is 0 Å². The maximum absolute atomic E-state index is 11.7. The van der Waals surface area contributed by atoms with E-state index in [1.54, 1.807) is 0 Å². The monoisotopic (exact) mass is 176 g/mol. The van der Waals surface area contributed by atoms with Crippen molar-refractivity contribution in [2.75, 3.05) is 11.1 Å². The molecule has 3 N–H and O–H groups in total. The number of benzene rings is 1. The van der Waals surface area contributed by atoms with Crippen molar-refractivity contribution < 1.29 is 13.2 Å². The quantitative estimate of drug-likeness (QED) is 0.508. The predicted molar refractivity (Wildman–Crippen MR) is 40.5 cm³/mol. The Morgan fingerprint density at radius 3 is 2.42 bits per heavy atom. The van der Waals surface area contributed by atoms with Crippen LogP contribution in [0.4, 0.5) is 24.5 Å². The van der Waals surface area contributed by atoms with E-state index in [0.717, 1.165) is 0 Å². The van der Waals surface area contributed by atoms with Crippen LogP contribution in [0.1, 0.15) is 0 Å². The van der Waals surface area contributed by atoms with Crippen molar-refractivity contribution in [3.63, 3.8) is 0 Å². The van der Waals surface area contributed by atoms with Gasteiger partial charge >= 0.3 is 6.30 Å². The summed E-state index contributed by atoms with van der Waals surface area (Å²) in [6, 6.07) is 5.47. The first-order valence-electron chi connectivity index (χ1n) is 3.18. The molecule has 0 fully saturated rings. The second-order valence-corrected chi connectivity index (χ2v) is 2.25. The number of anilines is 2. The number of nitrogens with one attached hydrogen (secondary N) is 1. The van der Waals surface area contributed by atoms with Gasteiger partial charge in [-0.15, -0.1) is 0 Å². The summed E-state index contributed by atoms with van der Waals surface area (Å²) in [6.07, 6.45) is -4.41. The third-order valence-corrected chi connectivity index (χ3v) is 1.17. The van der Waals surface area contributed by atoms with Crippen LogP contribution >= 0.6 is 0 Å². The van der Waals surface area contributed by atoms with Crippen LogP contribution in [0, 0.1) is 0 Å². The van der Waals surface area contributed by atoms with Gasteiger partial charge in [0.1, 0.15) is 0 Å². The van der Waals surface area contributed by atoms with Gasteiger partial charge in [0.25, 0.3) is 0 Å². The first-order valence-corrected chi connectivity index (χ1v) is 3.18. The zero-order valence-electron chi connectivity index (χ0n) is 6.02. The SMILES string of the molecule is Nc1cccc(NC(F)(F)F)c1. The standard InChI is InChI=1S/C7H7F3N2/c8-7(9,10)12-6-3-1-2-5(11)4-6/h1-4,12H,11H2. The van der Waals surface area contributed by atoms with E-state index in [1.165, 1.54) is 29.6 Å². The number of alkyl halides is 3. The van der Waals surface area contributed by atoms with Crippen LogP contribution in [0.5, 0.6) is 0 Å². The zero-order chi connectivity index (χ0) is 9.19. The Bertz CT molecular complexity index is 270. The number of nitrogens with two attached hydrogens (primary N) is 1. The molecule has 0 saturated heterocycles. The minimum atomic E-state index is -4.41. The Hall–Kier alpha value is -1.39. The summed E-state index contributed by atoms with van der Waals surface area (Å²) < 4.78 is 35.2. The Kier molecular flexibility index (Phi) is 2.12. The van der Waals surface area contributed by atoms with Gasteiger partial charge in [-0.2, -0.15) is 13.2 Å². The van der Waals surface area contributed by atoms with Crippen molar-refractivity contribution in [1.29, 1.82) is 0 Å². The van der Waals surface area contributed by atoms with E-state index in [0.29, 0.717) is 5.69 Å². The molecule has 1 aromatic rings. The maximum atomic E-state index is 11.7. The number of rotatable bonds is 1. The van der Waals surface area contributed by atoms with Crippen molar-refractivity contribution in [1.82, 2.24) is 0 Å². The van der Waals surface area contributed by atoms with Crippen LogP contribution in [0.25, 0.3) is 0 Å². The van der Waals surface area contributed by atoms with E-state index in [2.05, 4.69) is 0 Å². The van der Waals surface area contributed by atoms with E-state index in [9.17, 15) is 13.2 Å². The van der Waals surface area contributed by atoms with E-state index >= 15 is 0 Å². The van der Waals surface area contributed by atoms with Gasteiger partial charge in [0.2, 0.25) is 0 Å². The van der Waals surface area contributed by atoms with Gasteiger partial charge in [-0.25, -0.2) is 0 Å². The highest BCUT2D eigenvalue weighted by Gasteiger charge is 2.26. The number of hydrogen-bond acceptors (Lipinski definition) is 2. The average molecular weight is 176 g/mol. The minimum Gasteiger partial charge on any atom is -0.399 e. The highest BCUT2D eigenvalue weighted by atomic mass is 19.4. The van der Waals surface area contributed by atoms with E-state index in [-0.39, 0.29) is 5.69 Å². The molecule has 2 nitrogen and oxygen atoms in total. The van der Waals surface area contributed by atoms with Crippen molar-refractivity contribution in [2.24, 2.45) is 0 Å². The molecule has 0 radical (unpaired) electrons. The summed E-state index contributed by atoms with van der Waals surface area (Å²) >= 11 is 0. The van der Waals surface area contributed by atoms with Crippen LogP contribution in [-0.4, -0.2) is 6.30 Å². The highest BCUT2D eigenvalue weighted by molar-refractivity contribution is 5.54. The van der Waals surface area contributed by atoms with Crippen LogP contribution < -0.4 is 11.1 Å². The van der Waals surface area contributed by atoms with Gasteiger partial charge in [-0.3, -0.25) is 5.32 Å². The fourth-order valence-electron chi connectivity index (χ4n) is 0.780. The zero-order valence-corrected chi connectivity index (χ0v) is 6.02. The molecule has 0 aliphatic heterocycles. The third kappa shape index (κ3) is 2.69. The van der Waals surface area contributed by atoms with Gasteiger partial charge in [0.05, 0.1) is 0 Å². The molecule has 1 rings (SSSR count). The van der Waals surface area contributed by atoms with Gasteiger partial charge in [0, 0.05) is 11.4 Å². The second-order valence-electron chi connectivity index (χ2n) is 2.25. The molecule has 0 amide bonds.